The quantitative estimate of drug-likeness (QED) is 0.0686. The molecule has 0 saturated heterocycles. The van der Waals surface area contributed by atoms with E-state index in [1.54, 1.807) is 0 Å². The van der Waals surface area contributed by atoms with Gasteiger partial charge in [0.25, 0.3) is 0 Å². The Morgan fingerprint density at radius 3 is 0.927 bits per heavy atom. The number of ether oxygens (including phenoxy) is 6. The van der Waals surface area contributed by atoms with Gasteiger partial charge in [-0.05, 0) is 326 Å². The maximum absolute atomic E-state index is 12.8. The summed E-state index contributed by atoms with van der Waals surface area (Å²) in [4.78, 5) is 73.3. The van der Waals surface area contributed by atoms with Gasteiger partial charge >= 0.3 is 35.8 Å². The van der Waals surface area contributed by atoms with E-state index in [2.05, 4.69) is 76.2 Å². The molecule has 109 heavy (non-hydrogen) atoms. The molecule has 0 aromatic carbocycles. The van der Waals surface area contributed by atoms with Crippen LogP contribution in [0.25, 0.3) is 0 Å². The number of hydrogen-bond acceptors (Lipinski definition) is 12. The second kappa shape index (κ2) is 43.7. The predicted molar refractivity (Wildman–Crippen MR) is 453 cm³/mol. The molecule has 4 bridgehead atoms. The summed E-state index contributed by atoms with van der Waals surface area (Å²) >= 11 is 0. The molecular weight excluding hydrogens is 1360 g/mol. The van der Waals surface area contributed by atoms with Crippen LogP contribution in [0.4, 0.5) is 0 Å². The minimum atomic E-state index is -0.370. The Labute approximate surface area is 672 Å². The van der Waals surface area contributed by atoms with Crippen LogP contribution in [0.15, 0.2) is 0 Å². The fourth-order valence-electron chi connectivity index (χ4n) is 18.6. The van der Waals surface area contributed by atoms with Gasteiger partial charge in [0.2, 0.25) is 0 Å². The molecule has 9 saturated carbocycles. The molecule has 9 fully saturated rings. The standard InChI is InChI=1S/C20H36O2.C17H30O2.2C15H28O2.C14H24O2.C14H26O2.C2H6/c1-5-19(2,3)18(21)22-20(4,16-12-8-6-9-13-16)17-14-10-7-11-15-17;1-8-14(2,3)13(18)19-17(7)11-12-9-10-16(17,6)15(12,4)5;1-13(2)14(16)17-15(3)11-9-7-5-4-6-8-10-12-15;1-5-14(2,3)13(16)17-15(4)11-9-7-6-8-10-12-15;1-5-13(2,3)12(15)16-14(4)9-10-6-7-11(14)8-10;1-5-13(2,3)12(15)16-14(4)10-8-6-7-9-11-14;1-2/h16-17H,5-15H2,1-4H3;12H,8-11H2,1-7H3;13H,4-12H2,1-3H3;5-12H2,1-4H3;10-11H,5-9H2,1-4H3;5-11H2,1-4H3;1-2H3. The summed E-state index contributed by atoms with van der Waals surface area (Å²) < 4.78 is 35.6. The molecule has 6 unspecified atom stereocenters. The molecule has 0 aliphatic heterocycles. The molecule has 9 rings (SSSR count). The lowest BCUT2D eigenvalue weighted by molar-refractivity contribution is -0.187. The Balaban J connectivity index is 0.000000339. The molecule has 638 valence electrons. The molecule has 0 N–H and O–H groups in total. The summed E-state index contributed by atoms with van der Waals surface area (Å²) in [6, 6.07) is 0. The maximum Gasteiger partial charge on any atom is 0.312 e. The number of fused-ring (bicyclic) bond motifs is 4. The summed E-state index contributed by atoms with van der Waals surface area (Å²) in [5.74, 6) is 3.15. The molecule has 0 aromatic heterocycles. The Hall–Kier alpha value is -3.18. The van der Waals surface area contributed by atoms with E-state index >= 15 is 0 Å². The third-order valence-corrected chi connectivity index (χ3v) is 30.3. The number of carbonyl (C=O) groups is 6. The zero-order chi connectivity index (χ0) is 82.8. The van der Waals surface area contributed by atoms with Crippen molar-refractivity contribution < 1.29 is 57.2 Å². The van der Waals surface area contributed by atoms with E-state index in [-0.39, 0.29) is 113 Å². The first-order valence-electron chi connectivity index (χ1n) is 46.0. The van der Waals surface area contributed by atoms with E-state index in [0.717, 1.165) is 89.4 Å². The van der Waals surface area contributed by atoms with Gasteiger partial charge < -0.3 is 28.4 Å². The monoisotopic (exact) mass is 1540 g/mol. The number of carbonyl (C=O) groups excluding carboxylic acids is 6. The molecule has 0 radical (unpaired) electrons. The second-order valence-corrected chi connectivity index (χ2v) is 41.7. The van der Waals surface area contributed by atoms with E-state index in [1.807, 2.05) is 118 Å². The van der Waals surface area contributed by atoms with Gasteiger partial charge in [-0.25, -0.2) is 0 Å². The summed E-state index contributed by atoms with van der Waals surface area (Å²) in [5.41, 5.74) is -2.66. The van der Waals surface area contributed by atoms with Crippen molar-refractivity contribution in [2.75, 3.05) is 0 Å². The van der Waals surface area contributed by atoms with Gasteiger partial charge in [0, 0.05) is 5.41 Å². The lowest BCUT2D eigenvalue weighted by Gasteiger charge is -2.47. The highest BCUT2D eigenvalue weighted by atomic mass is 16.6. The molecular formula is C97H178O12. The maximum atomic E-state index is 12.8. The SMILES string of the molecule is CC.CC(C)C(=O)OC1(C)CCCCCCCCC1.CCC(C)(C)C(=O)OC(C)(C1CCCCC1)C1CCCCC1.CCC(C)(C)C(=O)OC1(C)CC2CCC1(C)C2(C)C.CCC(C)(C)C(=O)OC1(C)CC2CCC1C2.CCC(C)(C)C(=O)OC1(C)CCCCCC1.CCC(C)(C)C(=O)OC1(C)CCCCCCC1. The van der Waals surface area contributed by atoms with E-state index in [9.17, 15) is 28.8 Å². The van der Waals surface area contributed by atoms with Crippen LogP contribution in [0.3, 0.4) is 0 Å². The van der Waals surface area contributed by atoms with Crippen LogP contribution in [0.1, 0.15) is 476 Å². The lowest BCUT2D eigenvalue weighted by atomic mass is 9.65. The smallest absolute Gasteiger partial charge is 0.312 e. The Kier molecular flexibility index (Phi) is 40.1. The van der Waals surface area contributed by atoms with Crippen LogP contribution < -0.4 is 0 Å². The van der Waals surface area contributed by atoms with E-state index < -0.39 is 0 Å². The van der Waals surface area contributed by atoms with Gasteiger partial charge in [-0.2, -0.15) is 0 Å². The first-order chi connectivity index (χ1) is 50.6. The molecule has 0 heterocycles. The largest absolute Gasteiger partial charge is 0.459 e. The van der Waals surface area contributed by atoms with Gasteiger partial charge in [-0.3, -0.25) is 28.8 Å². The van der Waals surface area contributed by atoms with Crippen molar-refractivity contribution in [3.63, 3.8) is 0 Å². The minimum absolute atomic E-state index is 0.00921. The molecule has 0 spiro atoms. The van der Waals surface area contributed by atoms with Gasteiger partial charge in [-0.15, -0.1) is 0 Å². The van der Waals surface area contributed by atoms with Gasteiger partial charge in [-0.1, -0.05) is 186 Å². The Morgan fingerprint density at radius 1 is 0.339 bits per heavy atom. The van der Waals surface area contributed by atoms with Gasteiger partial charge in [0.1, 0.15) is 33.6 Å². The number of rotatable bonds is 19. The highest BCUT2D eigenvalue weighted by Crippen LogP contribution is 2.71. The fraction of sp³-hybridized carbons (Fsp3) is 0.938. The van der Waals surface area contributed by atoms with Crippen LogP contribution >= 0.6 is 0 Å². The first-order valence-corrected chi connectivity index (χ1v) is 46.0. The van der Waals surface area contributed by atoms with E-state index in [4.69, 9.17) is 28.4 Å². The van der Waals surface area contributed by atoms with Crippen LogP contribution in [0.5, 0.6) is 0 Å². The number of hydrogen-bond donors (Lipinski definition) is 0. The van der Waals surface area contributed by atoms with Crippen molar-refractivity contribution >= 4 is 35.8 Å². The molecule has 12 nitrogen and oxygen atoms in total. The van der Waals surface area contributed by atoms with Crippen LogP contribution in [0.2, 0.25) is 0 Å². The van der Waals surface area contributed by atoms with Crippen molar-refractivity contribution in [3.8, 4) is 0 Å². The van der Waals surface area contributed by atoms with Crippen molar-refractivity contribution in [1.82, 2.24) is 0 Å². The van der Waals surface area contributed by atoms with Crippen molar-refractivity contribution in [1.29, 1.82) is 0 Å². The van der Waals surface area contributed by atoms with Crippen LogP contribution in [0, 0.1) is 73.4 Å². The van der Waals surface area contributed by atoms with Crippen LogP contribution in [-0.4, -0.2) is 69.4 Å². The molecule has 0 aromatic rings. The fourth-order valence-corrected chi connectivity index (χ4v) is 18.6. The van der Waals surface area contributed by atoms with Crippen molar-refractivity contribution in [3.05, 3.63) is 0 Å². The lowest BCUT2D eigenvalue weighted by Crippen LogP contribution is -2.49. The molecule has 9 aliphatic carbocycles. The third-order valence-electron chi connectivity index (χ3n) is 30.3. The van der Waals surface area contributed by atoms with E-state index in [0.29, 0.717) is 23.7 Å². The minimum Gasteiger partial charge on any atom is -0.459 e. The Morgan fingerprint density at radius 2 is 0.642 bits per heavy atom. The van der Waals surface area contributed by atoms with E-state index in [1.165, 1.54) is 199 Å². The van der Waals surface area contributed by atoms with Gasteiger partial charge in [0.15, 0.2) is 0 Å². The van der Waals surface area contributed by atoms with Crippen LogP contribution in [-0.2, 0) is 57.2 Å². The normalized spacial score (nSPS) is 27.1. The average Bonchev–Trinajstić information content (AvgIpc) is 1.53. The Bertz CT molecular complexity index is 2670. The zero-order valence-electron chi connectivity index (χ0n) is 77.0. The molecule has 6 atom stereocenters. The van der Waals surface area contributed by atoms with Gasteiger partial charge in [0.05, 0.1) is 33.0 Å². The van der Waals surface area contributed by atoms with Crippen molar-refractivity contribution in [2.24, 2.45) is 73.4 Å². The highest BCUT2D eigenvalue weighted by molar-refractivity contribution is 5.78. The summed E-state index contributed by atoms with van der Waals surface area (Å²) in [6.07, 6.45) is 52.0. The third kappa shape index (κ3) is 28.9. The van der Waals surface area contributed by atoms with Crippen molar-refractivity contribution in [2.45, 2.75) is 510 Å². The average molecular weight is 1540 g/mol. The zero-order valence-corrected chi connectivity index (χ0v) is 77.0. The molecule has 9 aliphatic rings. The number of esters is 6. The first kappa shape index (κ1) is 100. The summed E-state index contributed by atoms with van der Waals surface area (Å²) in [6.45, 7) is 57.9. The summed E-state index contributed by atoms with van der Waals surface area (Å²) in [7, 11) is 0. The topological polar surface area (TPSA) is 158 Å². The summed E-state index contributed by atoms with van der Waals surface area (Å²) in [5, 5.41) is 0. The molecule has 0 amide bonds. The molecule has 12 heteroatoms. The second-order valence-electron chi connectivity index (χ2n) is 41.7. The predicted octanol–water partition coefficient (Wildman–Crippen LogP) is 28.0. The highest BCUT2D eigenvalue weighted by Gasteiger charge is 2.69.